The Morgan fingerprint density at radius 2 is 2.11 bits per heavy atom. The molecule has 0 atom stereocenters. The number of aromatic nitrogens is 2. The monoisotopic (exact) mass is 258 g/mol. The fourth-order valence-electron chi connectivity index (χ4n) is 1.78. The van der Waals surface area contributed by atoms with E-state index >= 15 is 0 Å². The number of unbranched alkanes of at least 4 members (excludes halogenated alkanes) is 1. The predicted octanol–water partition coefficient (Wildman–Crippen LogP) is 1.96. The number of anilines is 1. The molecule has 0 fully saturated rings. The quantitative estimate of drug-likeness (QED) is 0.777. The lowest BCUT2D eigenvalue weighted by atomic mass is 10.2. The lowest BCUT2D eigenvalue weighted by Crippen LogP contribution is -2.30. The van der Waals surface area contributed by atoms with Gasteiger partial charge in [0, 0.05) is 11.9 Å². The van der Waals surface area contributed by atoms with Crippen LogP contribution in [0.25, 0.3) is 10.9 Å². The van der Waals surface area contributed by atoms with Gasteiger partial charge in [0.15, 0.2) is 0 Å². The molecule has 5 heteroatoms. The summed E-state index contributed by atoms with van der Waals surface area (Å²) in [5.74, 6) is 0.674. The van der Waals surface area contributed by atoms with E-state index in [1.165, 1.54) is 6.33 Å². The van der Waals surface area contributed by atoms with Crippen molar-refractivity contribution >= 4 is 22.6 Å². The zero-order chi connectivity index (χ0) is 13.5. The molecule has 19 heavy (non-hydrogen) atoms. The third-order valence-electron chi connectivity index (χ3n) is 2.81. The molecule has 0 spiro atoms. The summed E-state index contributed by atoms with van der Waals surface area (Å²) in [5.41, 5.74) is 0.867. The Kier molecular flexibility index (Phi) is 4.66. The number of nitrogens with zero attached hydrogens (tertiary/aromatic N) is 2. The zero-order valence-electron chi connectivity index (χ0n) is 11.0. The third-order valence-corrected chi connectivity index (χ3v) is 2.81. The smallest absolute Gasteiger partial charge is 0.239 e. The first-order valence-corrected chi connectivity index (χ1v) is 6.51. The van der Waals surface area contributed by atoms with Crippen molar-refractivity contribution in [3.8, 4) is 0 Å². The van der Waals surface area contributed by atoms with E-state index in [4.69, 9.17) is 0 Å². The number of fused-ring (bicyclic) bond motifs is 1. The van der Waals surface area contributed by atoms with Gasteiger partial charge in [0.25, 0.3) is 0 Å². The average Bonchev–Trinajstić information content (AvgIpc) is 2.45. The molecule has 100 valence electrons. The van der Waals surface area contributed by atoms with Gasteiger partial charge in [0.2, 0.25) is 5.91 Å². The van der Waals surface area contributed by atoms with Crippen LogP contribution in [0.2, 0.25) is 0 Å². The molecule has 2 N–H and O–H groups in total. The molecule has 0 saturated heterocycles. The average molecular weight is 258 g/mol. The Balaban J connectivity index is 1.96. The number of hydrogen-bond donors (Lipinski definition) is 2. The number of para-hydroxylation sites is 1. The van der Waals surface area contributed by atoms with Crippen molar-refractivity contribution < 1.29 is 4.79 Å². The summed E-state index contributed by atoms with van der Waals surface area (Å²) in [7, 11) is 0. The number of carbonyl (C=O) groups excluding carboxylic acids is 1. The van der Waals surface area contributed by atoms with Crippen LogP contribution in [0.4, 0.5) is 5.82 Å². The number of benzene rings is 1. The molecule has 0 saturated carbocycles. The summed E-state index contributed by atoms with van der Waals surface area (Å²) in [6, 6.07) is 7.71. The molecular weight excluding hydrogens is 240 g/mol. The van der Waals surface area contributed by atoms with E-state index in [1.54, 1.807) is 0 Å². The summed E-state index contributed by atoms with van der Waals surface area (Å²) in [6.45, 7) is 3.05. The van der Waals surface area contributed by atoms with Crippen molar-refractivity contribution in [2.24, 2.45) is 0 Å². The van der Waals surface area contributed by atoms with Crippen molar-refractivity contribution in [2.75, 3.05) is 18.4 Å². The van der Waals surface area contributed by atoms with E-state index in [-0.39, 0.29) is 12.5 Å². The number of rotatable bonds is 6. The van der Waals surface area contributed by atoms with Crippen LogP contribution < -0.4 is 10.6 Å². The fraction of sp³-hybridized carbons (Fsp3) is 0.357. The van der Waals surface area contributed by atoms with Crippen LogP contribution in [0.3, 0.4) is 0 Å². The first-order chi connectivity index (χ1) is 9.31. The molecule has 0 bridgehead atoms. The summed E-state index contributed by atoms with van der Waals surface area (Å²) in [5, 5.41) is 6.83. The maximum Gasteiger partial charge on any atom is 0.239 e. The van der Waals surface area contributed by atoms with E-state index in [1.807, 2.05) is 24.3 Å². The highest BCUT2D eigenvalue weighted by molar-refractivity contribution is 5.90. The van der Waals surface area contributed by atoms with Crippen molar-refractivity contribution in [1.29, 1.82) is 0 Å². The molecular formula is C14H18N4O. The summed E-state index contributed by atoms with van der Waals surface area (Å²) in [6.07, 6.45) is 3.58. The van der Waals surface area contributed by atoms with Gasteiger partial charge in [-0.15, -0.1) is 0 Å². The van der Waals surface area contributed by atoms with E-state index in [0.29, 0.717) is 5.82 Å². The van der Waals surface area contributed by atoms with Crippen LogP contribution in [-0.4, -0.2) is 29.0 Å². The first kappa shape index (κ1) is 13.3. The summed E-state index contributed by atoms with van der Waals surface area (Å²) < 4.78 is 0. The van der Waals surface area contributed by atoms with Gasteiger partial charge < -0.3 is 10.6 Å². The molecule has 5 nitrogen and oxygen atoms in total. The highest BCUT2D eigenvalue weighted by Gasteiger charge is 2.04. The Morgan fingerprint density at radius 1 is 1.26 bits per heavy atom. The van der Waals surface area contributed by atoms with Crippen molar-refractivity contribution in [2.45, 2.75) is 19.8 Å². The molecule has 1 aromatic carbocycles. The van der Waals surface area contributed by atoms with Crippen LogP contribution in [0.1, 0.15) is 19.8 Å². The topological polar surface area (TPSA) is 66.9 Å². The molecule has 0 radical (unpaired) electrons. The van der Waals surface area contributed by atoms with Crippen molar-refractivity contribution in [3.63, 3.8) is 0 Å². The standard InChI is InChI=1S/C14H18N4O/c1-2-3-8-15-13(19)9-16-14-11-6-4-5-7-12(11)17-10-18-14/h4-7,10H,2-3,8-9H2,1H3,(H,15,19)(H,16,17,18). The molecule has 2 rings (SSSR count). The molecule has 2 aromatic rings. The van der Waals surface area contributed by atoms with Crippen LogP contribution in [0, 0.1) is 0 Å². The van der Waals surface area contributed by atoms with Gasteiger partial charge in [-0.1, -0.05) is 25.5 Å². The maximum absolute atomic E-state index is 11.6. The minimum atomic E-state index is -0.0175. The molecule has 0 unspecified atom stereocenters. The third kappa shape index (κ3) is 3.64. The highest BCUT2D eigenvalue weighted by atomic mass is 16.1. The molecule has 0 aliphatic rings. The second-order valence-electron chi connectivity index (χ2n) is 4.30. The van der Waals surface area contributed by atoms with Crippen LogP contribution >= 0.6 is 0 Å². The van der Waals surface area contributed by atoms with Gasteiger partial charge in [0.1, 0.15) is 12.1 Å². The Hall–Kier alpha value is -2.17. The predicted molar refractivity (Wildman–Crippen MR) is 75.9 cm³/mol. The molecule has 1 amide bonds. The Bertz CT molecular complexity index is 551. The first-order valence-electron chi connectivity index (χ1n) is 6.51. The Labute approximate surface area is 112 Å². The van der Waals surface area contributed by atoms with Gasteiger partial charge >= 0.3 is 0 Å². The second kappa shape index (κ2) is 6.68. The zero-order valence-corrected chi connectivity index (χ0v) is 11.0. The van der Waals surface area contributed by atoms with Gasteiger partial charge in [-0.05, 0) is 18.6 Å². The normalized spacial score (nSPS) is 10.4. The molecule has 1 aromatic heterocycles. The second-order valence-corrected chi connectivity index (χ2v) is 4.30. The summed E-state index contributed by atoms with van der Waals surface area (Å²) in [4.78, 5) is 20.0. The lowest BCUT2D eigenvalue weighted by Gasteiger charge is -2.08. The van der Waals surface area contributed by atoms with E-state index in [0.717, 1.165) is 30.3 Å². The van der Waals surface area contributed by atoms with Crippen LogP contribution in [-0.2, 0) is 4.79 Å². The minimum Gasteiger partial charge on any atom is -0.360 e. The van der Waals surface area contributed by atoms with Crippen molar-refractivity contribution in [3.05, 3.63) is 30.6 Å². The lowest BCUT2D eigenvalue weighted by molar-refractivity contribution is -0.119. The molecule has 0 aliphatic heterocycles. The highest BCUT2D eigenvalue weighted by Crippen LogP contribution is 2.17. The van der Waals surface area contributed by atoms with Gasteiger partial charge in [-0.2, -0.15) is 0 Å². The van der Waals surface area contributed by atoms with Gasteiger partial charge in [-0.25, -0.2) is 9.97 Å². The van der Waals surface area contributed by atoms with Gasteiger partial charge in [0.05, 0.1) is 12.1 Å². The van der Waals surface area contributed by atoms with Crippen molar-refractivity contribution in [1.82, 2.24) is 15.3 Å². The Morgan fingerprint density at radius 3 is 2.95 bits per heavy atom. The number of nitrogens with one attached hydrogen (secondary N) is 2. The maximum atomic E-state index is 11.6. The van der Waals surface area contributed by atoms with Crippen LogP contribution in [0.15, 0.2) is 30.6 Å². The summed E-state index contributed by atoms with van der Waals surface area (Å²) >= 11 is 0. The minimum absolute atomic E-state index is 0.0175. The fourth-order valence-corrected chi connectivity index (χ4v) is 1.78. The number of hydrogen-bond acceptors (Lipinski definition) is 4. The number of carbonyl (C=O) groups is 1. The van der Waals surface area contributed by atoms with E-state index in [2.05, 4.69) is 27.5 Å². The van der Waals surface area contributed by atoms with E-state index in [9.17, 15) is 4.79 Å². The SMILES string of the molecule is CCCCNC(=O)CNc1ncnc2ccccc12. The van der Waals surface area contributed by atoms with Crippen LogP contribution in [0.5, 0.6) is 0 Å². The molecule has 0 aliphatic carbocycles. The largest absolute Gasteiger partial charge is 0.360 e. The van der Waals surface area contributed by atoms with Gasteiger partial charge in [-0.3, -0.25) is 4.79 Å². The van der Waals surface area contributed by atoms with E-state index < -0.39 is 0 Å². The molecule has 1 heterocycles. The number of amides is 1.